The van der Waals surface area contributed by atoms with Gasteiger partial charge in [-0.15, -0.1) is 0 Å². The SMILES string of the molecule is NC[C@H](NC(=O)c1ccc(/C=C\c2ccc(CN3CCOCC3)cc2)cc1)C(=O)NO. The molecule has 31 heavy (non-hydrogen) atoms. The molecule has 1 saturated heterocycles. The lowest BCUT2D eigenvalue weighted by Gasteiger charge is -2.26. The van der Waals surface area contributed by atoms with Gasteiger partial charge in [-0.2, -0.15) is 0 Å². The van der Waals surface area contributed by atoms with Crippen LogP contribution in [0.1, 0.15) is 27.0 Å². The molecule has 1 aliphatic rings. The van der Waals surface area contributed by atoms with Crippen molar-refractivity contribution in [1.29, 1.82) is 0 Å². The fraction of sp³-hybridized carbons (Fsp3) is 0.304. The molecular weight excluding hydrogens is 396 g/mol. The third-order valence-corrected chi connectivity index (χ3v) is 5.10. The van der Waals surface area contributed by atoms with Crippen LogP contribution in [0.5, 0.6) is 0 Å². The number of hydrogen-bond donors (Lipinski definition) is 4. The zero-order chi connectivity index (χ0) is 22.1. The first-order chi connectivity index (χ1) is 15.1. The highest BCUT2D eigenvalue weighted by Gasteiger charge is 2.19. The monoisotopic (exact) mass is 424 g/mol. The van der Waals surface area contributed by atoms with Gasteiger partial charge in [-0.1, -0.05) is 48.6 Å². The van der Waals surface area contributed by atoms with E-state index in [9.17, 15) is 9.59 Å². The zero-order valence-corrected chi connectivity index (χ0v) is 17.3. The van der Waals surface area contributed by atoms with Gasteiger partial charge < -0.3 is 15.8 Å². The van der Waals surface area contributed by atoms with Crippen LogP contribution in [0.15, 0.2) is 48.5 Å². The maximum atomic E-state index is 12.2. The molecule has 3 rings (SSSR count). The van der Waals surface area contributed by atoms with Gasteiger partial charge in [-0.05, 0) is 28.8 Å². The molecule has 0 unspecified atom stereocenters. The van der Waals surface area contributed by atoms with Gasteiger partial charge in [-0.25, -0.2) is 5.48 Å². The summed E-state index contributed by atoms with van der Waals surface area (Å²) in [7, 11) is 0. The highest BCUT2D eigenvalue weighted by molar-refractivity contribution is 5.97. The van der Waals surface area contributed by atoms with Gasteiger partial charge in [0.05, 0.1) is 13.2 Å². The molecule has 0 saturated carbocycles. The molecule has 1 fully saturated rings. The Morgan fingerprint density at radius 1 is 1.03 bits per heavy atom. The molecule has 2 aromatic rings. The van der Waals surface area contributed by atoms with Crippen LogP contribution in [-0.4, -0.2) is 60.8 Å². The summed E-state index contributed by atoms with van der Waals surface area (Å²) in [6.07, 6.45) is 3.99. The predicted octanol–water partition coefficient (Wildman–Crippen LogP) is 1.25. The number of morpholine rings is 1. The molecule has 0 bridgehead atoms. The Hall–Kier alpha value is -3.04. The number of benzene rings is 2. The smallest absolute Gasteiger partial charge is 0.267 e. The highest BCUT2D eigenvalue weighted by atomic mass is 16.5. The van der Waals surface area contributed by atoms with E-state index in [2.05, 4.69) is 34.5 Å². The van der Waals surface area contributed by atoms with Crippen molar-refractivity contribution >= 4 is 24.0 Å². The molecule has 164 valence electrons. The van der Waals surface area contributed by atoms with Crippen molar-refractivity contribution in [1.82, 2.24) is 15.7 Å². The van der Waals surface area contributed by atoms with Crippen LogP contribution < -0.4 is 16.5 Å². The van der Waals surface area contributed by atoms with Crippen molar-refractivity contribution in [3.8, 4) is 0 Å². The van der Waals surface area contributed by atoms with E-state index >= 15 is 0 Å². The fourth-order valence-electron chi connectivity index (χ4n) is 3.24. The zero-order valence-electron chi connectivity index (χ0n) is 17.3. The maximum Gasteiger partial charge on any atom is 0.267 e. The first-order valence-corrected chi connectivity index (χ1v) is 10.2. The Labute approximate surface area is 181 Å². The van der Waals surface area contributed by atoms with Crippen molar-refractivity contribution in [2.24, 2.45) is 5.73 Å². The van der Waals surface area contributed by atoms with Gasteiger partial charge in [0.2, 0.25) is 0 Å². The third-order valence-electron chi connectivity index (χ3n) is 5.10. The van der Waals surface area contributed by atoms with Crippen LogP contribution in [0.25, 0.3) is 12.2 Å². The Morgan fingerprint density at radius 2 is 1.61 bits per heavy atom. The van der Waals surface area contributed by atoms with Crippen molar-refractivity contribution in [2.75, 3.05) is 32.8 Å². The summed E-state index contributed by atoms with van der Waals surface area (Å²) in [6.45, 7) is 4.35. The lowest BCUT2D eigenvalue weighted by molar-refractivity contribution is -0.130. The number of carbonyl (C=O) groups excluding carboxylic acids is 2. The number of nitrogens with zero attached hydrogens (tertiary/aromatic N) is 1. The summed E-state index contributed by atoms with van der Waals surface area (Å²) in [4.78, 5) is 26.1. The number of nitrogens with two attached hydrogens (primary N) is 1. The minimum absolute atomic E-state index is 0.121. The van der Waals surface area contributed by atoms with Crippen LogP contribution in [0.2, 0.25) is 0 Å². The van der Waals surface area contributed by atoms with Crippen LogP contribution in [0.3, 0.4) is 0 Å². The first-order valence-electron chi connectivity index (χ1n) is 10.2. The molecule has 1 heterocycles. The molecule has 0 radical (unpaired) electrons. The Morgan fingerprint density at radius 3 is 2.16 bits per heavy atom. The standard InChI is InChI=1S/C23H28N4O4/c24-15-21(23(29)26-30)25-22(28)20-9-7-18(8-10-20)2-1-17-3-5-19(6-4-17)16-27-11-13-31-14-12-27/h1-10,21,30H,11-16,24H2,(H,25,28)(H,26,29)/b2-1-/t21-/m0/s1. The lowest BCUT2D eigenvalue weighted by Crippen LogP contribution is -2.50. The highest BCUT2D eigenvalue weighted by Crippen LogP contribution is 2.13. The van der Waals surface area contributed by atoms with Crippen molar-refractivity contribution in [3.05, 3.63) is 70.8 Å². The molecule has 0 spiro atoms. The molecule has 8 heteroatoms. The summed E-state index contributed by atoms with van der Waals surface area (Å²) in [5, 5.41) is 11.2. The molecule has 5 N–H and O–H groups in total. The second-order valence-corrected chi connectivity index (χ2v) is 7.32. The second kappa shape index (κ2) is 11.4. The summed E-state index contributed by atoms with van der Waals surface area (Å²) in [5.41, 5.74) is 10.6. The number of nitrogens with one attached hydrogen (secondary N) is 2. The summed E-state index contributed by atoms with van der Waals surface area (Å²) < 4.78 is 5.38. The number of ether oxygens (including phenoxy) is 1. The Kier molecular flexibility index (Phi) is 8.31. The normalized spacial score (nSPS) is 15.5. The fourth-order valence-corrected chi connectivity index (χ4v) is 3.24. The maximum absolute atomic E-state index is 12.2. The molecular formula is C23H28N4O4. The lowest BCUT2D eigenvalue weighted by atomic mass is 10.1. The third kappa shape index (κ3) is 6.73. The Balaban J connectivity index is 1.55. The van der Waals surface area contributed by atoms with Crippen LogP contribution in [-0.2, 0) is 16.1 Å². The van der Waals surface area contributed by atoms with Gasteiger partial charge in [0.15, 0.2) is 0 Å². The van der Waals surface area contributed by atoms with Gasteiger partial charge in [0.25, 0.3) is 11.8 Å². The molecule has 0 aromatic heterocycles. The molecule has 8 nitrogen and oxygen atoms in total. The van der Waals surface area contributed by atoms with E-state index in [1.54, 1.807) is 12.1 Å². The number of amides is 2. The quantitative estimate of drug-likeness (QED) is 0.288. The molecule has 1 aliphatic heterocycles. The minimum Gasteiger partial charge on any atom is -0.379 e. The number of hydroxylamine groups is 1. The van der Waals surface area contributed by atoms with Gasteiger partial charge in [0.1, 0.15) is 6.04 Å². The van der Waals surface area contributed by atoms with Crippen LogP contribution in [0, 0.1) is 0 Å². The van der Waals surface area contributed by atoms with E-state index in [4.69, 9.17) is 15.7 Å². The van der Waals surface area contributed by atoms with E-state index in [0.717, 1.165) is 44.0 Å². The summed E-state index contributed by atoms with van der Waals surface area (Å²) in [6, 6.07) is 14.4. The van der Waals surface area contributed by atoms with Gasteiger partial charge in [0, 0.05) is 31.7 Å². The van der Waals surface area contributed by atoms with Crippen molar-refractivity contribution in [3.63, 3.8) is 0 Å². The molecule has 0 aliphatic carbocycles. The molecule has 2 amide bonds. The van der Waals surface area contributed by atoms with Crippen LogP contribution in [0.4, 0.5) is 0 Å². The molecule has 2 aromatic carbocycles. The minimum atomic E-state index is -0.997. The van der Waals surface area contributed by atoms with E-state index in [-0.39, 0.29) is 6.54 Å². The average Bonchev–Trinajstić information content (AvgIpc) is 2.82. The Bertz CT molecular complexity index is 891. The topological polar surface area (TPSA) is 117 Å². The van der Waals surface area contributed by atoms with Crippen LogP contribution >= 0.6 is 0 Å². The van der Waals surface area contributed by atoms with Crippen molar-refractivity contribution in [2.45, 2.75) is 12.6 Å². The largest absolute Gasteiger partial charge is 0.379 e. The summed E-state index contributed by atoms with van der Waals surface area (Å²) >= 11 is 0. The number of rotatable bonds is 8. The van der Waals surface area contributed by atoms with E-state index in [1.165, 1.54) is 11.0 Å². The van der Waals surface area contributed by atoms with E-state index < -0.39 is 17.9 Å². The van der Waals surface area contributed by atoms with E-state index in [0.29, 0.717) is 5.56 Å². The van der Waals surface area contributed by atoms with Gasteiger partial charge >= 0.3 is 0 Å². The predicted molar refractivity (Wildman–Crippen MR) is 118 cm³/mol. The first kappa shape index (κ1) is 22.6. The molecule has 1 atom stereocenters. The number of hydrogen-bond acceptors (Lipinski definition) is 6. The van der Waals surface area contributed by atoms with Crippen molar-refractivity contribution < 1.29 is 19.5 Å². The average molecular weight is 425 g/mol. The summed E-state index contributed by atoms with van der Waals surface area (Å²) in [5.74, 6) is -1.20. The number of carbonyl (C=O) groups is 2. The second-order valence-electron chi connectivity index (χ2n) is 7.32. The van der Waals surface area contributed by atoms with E-state index in [1.807, 2.05) is 24.3 Å². The van der Waals surface area contributed by atoms with Gasteiger partial charge in [-0.3, -0.25) is 19.7 Å².